The maximum absolute atomic E-state index is 15.6. The van der Waals surface area contributed by atoms with Crippen LogP contribution in [0.3, 0.4) is 0 Å². The molecule has 0 spiro atoms. The molecule has 0 saturated carbocycles. The van der Waals surface area contributed by atoms with Crippen LogP contribution in [0.25, 0.3) is 10.9 Å². The molecule has 2 N–H and O–H groups in total. The maximum atomic E-state index is 15.6. The molecule has 1 aromatic heterocycles. The fourth-order valence-corrected chi connectivity index (χ4v) is 5.97. The van der Waals surface area contributed by atoms with E-state index in [1.807, 2.05) is 6.07 Å². The van der Waals surface area contributed by atoms with Crippen molar-refractivity contribution in [1.29, 1.82) is 5.26 Å². The van der Waals surface area contributed by atoms with Gasteiger partial charge in [-0.25, -0.2) is 0 Å². The number of fused-ring (bicyclic) bond motifs is 1. The highest BCUT2D eigenvalue weighted by atomic mass is 19.4. The minimum Gasteiger partial charge on any atom is -0.493 e. The lowest BCUT2D eigenvalue weighted by atomic mass is 9.85. The number of carbonyl (C=O) groups is 1. The van der Waals surface area contributed by atoms with E-state index in [1.165, 1.54) is 40.8 Å². The number of aliphatic carboxylic acids is 1. The third-order valence-corrected chi connectivity index (χ3v) is 8.39. The first-order chi connectivity index (χ1) is 22.3. The van der Waals surface area contributed by atoms with E-state index >= 15 is 8.78 Å². The molecule has 13 heteroatoms. The van der Waals surface area contributed by atoms with Gasteiger partial charge in [0.2, 0.25) is 0 Å². The molecular weight excluding hydrogens is 625 g/mol. The van der Waals surface area contributed by atoms with Gasteiger partial charge in [0.05, 0.1) is 30.7 Å². The summed E-state index contributed by atoms with van der Waals surface area (Å²) in [5, 5.41) is 30.2. The highest BCUT2D eigenvalue weighted by molar-refractivity contribution is 5.86. The van der Waals surface area contributed by atoms with Gasteiger partial charge in [0.15, 0.2) is 17.1 Å². The second-order valence-electron chi connectivity index (χ2n) is 11.6. The Kier molecular flexibility index (Phi) is 9.47. The molecule has 248 valence electrons. The normalized spacial score (nSPS) is 16.0. The van der Waals surface area contributed by atoms with Crippen LogP contribution >= 0.6 is 0 Å². The van der Waals surface area contributed by atoms with E-state index in [2.05, 4.69) is 0 Å². The van der Waals surface area contributed by atoms with E-state index in [-0.39, 0.29) is 55.4 Å². The van der Waals surface area contributed by atoms with Crippen LogP contribution in [0.4, 0.5) is 22.0 Å². The Labute approximate surface area is 267 Å². The van der Waals surface area contributed by atoms with Crippen molar-refractivity contribution < 1.29 is 46.4 Å². The molecular formula is C34H32F5N3O5. The Bertz CT molecular complexity index is 1780. The predicted octanol–water partition coefficient (Wildman–Crippen LogP) is 6.13. The Hall–Kier alpha value is -4.67. The maximum Gasteiger partial charge on any atom is 0.456 e. The standard InChI is InChI=1S/C34H32F5N3O5/c1-46-30-16-23(17-31(43)44)8-10-29(30)47-25-11-13-41(14-12-25)21-32(45,33(35,36)34(37,38)39)27-20-42(19-22-5-3-2-4-6-22)28-15-24(18-40)7-9-26(27)28/h2-10,15-16,20,25,45H,11-14,17,19,21H2,1H3,(H,43,44). The lowest BCUT2D eigenvalue weighted by Crippen LogP contribution is -2.60. The van der Waals surface area contributed by atoms with Gasteiger partial charge in [-0.1, -0.05) is 42.5 Å². The Balaban J connectivity index is 1.43. The number of aliphatic hydroxyl groups is 1. The first-order valence-electron chi connectivity index (χ1n) is 14.8. The van der Waals surface area contributed by atoms with Crippen molar-refractivity contribution in [2.75, 3.05) is 26.7 Å². The number of rotatable bonds is 11. The van der Waals surface area contributed by atoms with Crippen molar-refractivity contribution in [3.8, 4) is 17.6 Å². The van der Waals surface area contributed by atoms with Crippen molar-refractivity contribution in [2.45, 2.75) is 49.6 Å². The fraction of sp³-hybridized carbons (Fsp3) is 0.353. The van der Waals surface area contributed by atoms with E-state index in [0.717, 1.165) is 11.8 Å². The monoisotopic (exact) mass is 657 g/mol. The van der Waals surface area contributed by atoms with Crippen LogP contribution < -0.4 is 9.47 Å². The van der Waals surface area contributed by atoms with Gasteiger partial charge in [-0.2, -0.15) is 27.2 Å². The number of hydrogen-bond donors (Lipinski definition) is 2. The average Bonchev–Trinajstić information content (AvgIpc) is 3.40. The van der Waals surface area contributed by atoms with Crippen LogP contribution in [-0.2, 0) is 23.4 Å². The number of alkyl halides is 5. The van der Waals surface area contributed by atoms with E-state index < -0.39 is 41.9 Å². The molecule has 1 aliphatic heterocycles. The molecule has 1 unspecified atom stereocenters. The summed E-state index contributed by atoms with van der Waals surface area (Å²) in [6.45, 7) is -0.837. The average molecular weight is 658 g/mol. The number of carboxylic acid groups (broad SMARTS) is 1. The minimum atomic E-state index is -6.08. The summed E-state index contributed by atoms with van der Waals surface area (Å²) < 4.78 is 86.2. The molecule has 2 heterocycles. The summed E-state index contributed by atoms with van der Waals surface area (Å²) in [5.74, 6) is -5.92. The zero-order valence-corrected chi connectivity index (χ0v) is 25.3. The van der Waals surface area contributed by atoms with Crippen LogP contribution in [0.5, 0.6) is 11.5 Å². The molecule has 4 aromatic rings. The van der Waals surface area contributed by atoms with Crippen LogP contribution in [0.1, 0.15) is 35.1 Å². The van der Waals surface area contributed by atoms with Crippen molar-refractivity contribution in [1.82, 2.24) is 9.47 Å². The molecule has 1 fully saturated rings. The second kappa shape index (κ2) is 13.2. The first kappa shape index (κ1) is 33.7. The van der Waals surface area contributed by atoms with Crippen LogP contribution in [0, 0.1) is 11.3 Å². The number of halogens is 5. The number of piperidine rings is 1. The van der Waals surface area contributed by atoms with Crippen molar-refractivity contribution in [2.24, 2.45) is 0 Å². The summed E-state index contributed by atoms with van der Waals surface area (Å²) in [5.41, 5.74) is -2.64. The van der Waals surface area contributed by atoms with E-state index in [4.69, 9.17) is 14.6 Å². The third-order valence-electron chi connectivity index (χ3n) is 8.39. The van der Waals surface area contributed by atoms with E-state index in [0.29, 0.717) is 17.1 Å². The minimum absolute atomic E-state index is 0.0250. The van der Waals surface area contributed by atoms with Crippen molar-refractivity contribution >= 4 is 16.9 Å². The van der Waals surface area contributed by atoms with Gasteiger partial charge in [-0.05, 0) is 48.2 Å². The van der Waals surface area contributed by atoms with Crippen molar-refractivity contribution in [3.05, 3.63) is 95.2 Å². The van der Waals surface area contributed by atoms with Gasteiger partial charge in [0.1, 0.15) is 6.10 Å². The molecule has 0 bridgehead atoms. The molecule has 0 amide bonds. The third kappa shape index (κ3) is 6.89. The van der Waals surface area contributed by atoms with Crippen LogP contribution in [0.2, 0.25) is 0 Å². The molecule has 8 nitrogen and oxygen atoms in total. The smallest absolute Gasteiger partial charge is 0.456 e. The van der Waals surface area contributed by atoms with Crippen LogP contribution in [0.15, 0.2) is 72.9 Å². The topological polar surface area (TPSA) is 108 Å². The number of nitriles is 1. The molecule has 1 atom stereocenters. The van der Waals surface area contributed by atoms with Gasteiger partial charge in [-0.3, -0.25) is 9.69 Å². The van der Waals surface area contributed by atoms with Gasteiger partial charge in [0, 0.05) is 43.3 Å². The summed E-state index contributed by atoms with van der Waals surface area (Å²) >= 11 is 0. The molecule has 0 radical (unpaired) electrons. The van der Waals surface area contributed by atoms with Gasteiger partial charge in [-0.15, -0.1) is 0 Å². The Morgan fingerprint density at radius 2 is 1.68 bits per heavy atom. The number of ether oxygens (including phenoxy) is 2. The number of likely N-dealkylation sites (tertiary alicyclic amines) is 1. The molecule has 1 saturated heterocycles. The molecule has 47 heavy (non-hydrogen) atoms. The molecule has 1 aliphatic rings. The predicted molar refractivity (Wildman–Crippen MR) is 162 cm³/mol. The number of benzene rings is 3. The lowest BCUT2D eigenvalue weighted by molar-refractivity contribution is -0.348. The van der Waals surface area contributed by atoms with E-state index in [9.17, 15) is 28.3 Å². The number of nitrogens with zero attached hydrogens (tertiary/aromatic N) is 3. The largest absolute Gasteiger partial charge is 0.493 e. The lowest BCUT2D eigenvalue weighted by Gasteiger charge is -2.42. The summed E-state index contributed by atoms with van der Waals surface area (Å²) in [4.78, 5) is 12.4. The SMILES string of the molecule is COc1cc(CC(=O)O)ccc1OC1CCN(CC(O)(c2cn(Cc3ccccc3)c3cc(C#N)ccc23)C(F)(F)C(F)(F)F)CC1. The number of methoxy groups -OCH3 is 1. The first-order valence-corrected chi connectivity index (χ1v) is 14.8. The number of hydrogen-bond acceptors (Lipinski definition) is 6. The van der Waals surface area contributed by atoms with Gasteiger partial charge in [0.25, 0.3) is 0 Å². The zero-order valence-electron chi connectivity index (χ0n) is 25.3. The number of aromatic nitrogens is 1. The quantitative estimate of drug-likeness (QED) is 0.187. The molecule has 3 aromatic carbocycles. The number of carboxylic acids is 1. The van der Waals surface area contributed by atoms with Crippen LogP contribution in [-0.4, -0.2) is 70.6 Å². The second-order valence-corrected chi connectivity index (χ2v) is 11.6. The summed E-state index contributed by atoms with van der Waals surface area (Å²) in [6.07, 6.45) is -5.13. The zero-order chi connectivity index (χ0) is 34.0. The summed E-state index contributed by atoms with van der Waals surface area (Å²) in [7, 11) is 1.40. The fourth-order valence-electron chi connectivity index (χ4n) is 5.97. The van der Waals surface area contributed by atoms with Crippen molar-refractivity contribution in [3.63, 3.8) is 0 Å². The number of β-amino-alcohol motifs (C(OH)–C–C–N with tert-alkyl or cyclic N) is 1. The van der Waals surface area contributed by atoms with Gasteiger partial charge >= 0.3 is 18.1 Å². The highest BCUT2D eigenvalue weighted by Crippen LogP contribution is 2.51. The highest BCUT2D eigenvalue weighted by Gasteiger charge is 2.71. The molecule has 0 aliphatic carbocycles. The Morgan fingerprint density at radius 1 is 0.979 bits per heavy atom. The van der Waals surface area contributed by atoms with Gasteiger partial charge < -0.3 is 24.3 Å². The van der Waals surface area contributed by atoms with E-state index in [1.54, 1.807) is 42.5 Å². The molecule has 5 rings (SSSR count). The Morgan fingerprint density at radius 3 is 2.30 bits per heavy atom. The summed E-state index contributed by atoms with van der Waals surface area (Å²) in [6, 6.07) is 19.5.